The molecular formula is C43H27N3O2. The van der Waals surface area contributed by atoms with Crippen molar-refractivity contribution in [2.24, 2.45) is 0 Å². The first-order valence-corrected chi connectivity index (χ1v) is 16.2. The number of rotatable bonds is 4. The molecule has 2 aliphatic rings. The van der Waals surface area contributed by atoms with Crippen molar-refractivity contribution in [1.29, 1.82) is 0 Å². The normalized spacial score (nSPS) is 16.5. The summed E-state index contributed by atoms with van der Waals surface area (Å²) in [7, 11) is 0. The Labute approximate surface area is 276 Å². The minimum absolute atomic E-state index is 0.0411. The molecule has 1 aliphatic heterocycles. The van der Waals surface area contributed by atoms with Crippen LogP contribution < -0.4 is 4.74 Å². The maximum Gasteiger partial charge on any atom is 0.164 e. The lowest BCUT2D eigenvalue weighted by Crippen LogP contribution is -2.17. The van der Waals surface area contributed by atoms with Crippen molar-refractivity contribution in [2.75, 3.05) is 0 Å². The van der Waals surface area contributed by atoms with E-state index in [0.717, 1.165) is 66.3 Å². The second-order valence-corrected chi connectivity index (χ2v) is 12.3. The van der Waals surface area contributed by atoms with E-state index in [1.54, 1.807) is 0 Å². The molecule has 0 bridgehead atoms. The van der Waals surface area contributed by atoms with Gasteiger partial charge in [0.2, 0.25) is 0 Å². The SMILES string of the molecule is C1=CC2Oc3ccccc3C2C=C1c1nc(-c2ccccc2)nc(-c2cc3c(oc4cccc(-c5ccccc5)c43)c3ccccc23)n1. The Hall–Kier alpha value is -6.33. The summed E-state index contributed by atoms with van der Waals surface area (Å²) in [4.78, 5) is 15.4. The molecule has 0 N–H and O–H groups in total. The van der Waals surface area contributed by atoms with Crippen LogP contribution in [0.1, 0.15) is 17.3 Å². The Kier molecular flexibility index (Phi) is 5.93. The van der Waals surface area contributed by atoms with Gasteiger partial charge >= 0.3 is 0 Å². The third-order valence-electron chi connectivity index (χ3n) is 9.47. The average Bonchev–Trinajstić information content (AvgIpc) is 3.73. The molecule has 10 rings (SSSR count). The molecule has 2 aromatic heterocycles. The molecule has 0 radical (unpaired) electrons. The molecule has 2 unspecified atom stereocenters. The minimum atomic E-state index is -0.0411. The molecular weight excluding hydrogens is 590 g/mol. The Balaban J connectivity index is 1.23. The van der Waals surface area contributed by atoms with Crippen LogP contribution in [0.15, 0.2) is 156 Å². The lowest BCUT2D eigenvalue weighted by atomic mass is 9.89. The van der Waals surface area contributed by atoms with Crippen LogP contribution in [-0.2, 0) is 0 Å². The summed E-state index contributed by atoms with van der Waals surface area (Å²) in [6, 6.07) is 45.7. The molecule has 2 atom stereocenters. The third-order valence-corrected chi connectivity index (χ3v) is 9.47. The van der Waals surface area contributed by atoms with Gasteiger partial charge in [-0.05, 0) is 40.8 Å². The van der Waals surface area contributed by atoms with Crippen molar-refractivity contribution in [3.63, 3.8) is 0 Å². The number of allylic oxidation sites excluding steroid dienone is 2. The predicted octanol–water partition coefficient (Wildman–Crippen LogP) is 10.4. The van der Waals surface area contributed by atoms with Gasteiger partial charge in [0.25, 0.3) is 0 Å². The summed E-state index contributed by atoms with van der Waals surface area (Å²) < 4.78 is 12.9. The zero-order valence-corrected chi connectivity index (χ0v) is 25.7. The van der Waals surface area contributed by atoms with Gasteiger partial charge in [0.1, 0.15) is 23.0 Å². The van der Waals surface area contributed by atoms with E-state index in [0.29, 0.717) is 17.5 Å². The van der Waals surface area contributed by atoms with Gasteiger partial charge in [-0.3, -0.25) is 0 Å². The van der Waals surface area contributed by atoms with E-state index < -0.39 is 0 Å². The highest BCUT2D eigenvalue weighted by Crippen LogP contribution is 2.45. The fourth-order valence-electron chi connectivity index (χ4n) is 7.23. The van der Waals surface area contributed by atoms with Crippen LogP contribution in [0, 0.1) is 0 Å². The highest BCUT2D eigenvalue weighted by atomic mass is 16.5. The standard InChI is InChI=1S/C43H27N3O2/c1-3-12-26(13-4-1)29-19-11-21-38-39(29)35-25-34(30-16-7-8-18-32(30)40(35)48-38)43-45-41(27-14-5-2-6-15-27)44-42(46-43)28-22-23-37-33(24-28)31-17-9-10-20-36(31)47-37/h1-25,33,37H. The van der Waals surface area contributed by atoms with Gasteiger partial charge in [-0.1, -0.05) is 127 Å². The molecule has 0 amide bonds. The van der Waals surface area contributed by atoms with Crippen LogP contribution in [0.25, 0.3) is 72.2 Å². The Bertz CT molecular complexity index is 2600. The lowest BCUT2D eigenvalue weighted by Gasteiger charge is -2.18. The van der Waals surface area contributed by atoms with E-state index in [2.05, 4.69) is 97.1 Å². The van der Waals surface area contributed by atoms with E-state index in [-0.39, 0.29) is 12.0 Å². The van der Waals surface area contributed by atoms with Crippen molar-refractivity contribution in [2.45, 2.75) is 12.0 Å². The number of hydrogen-bond donors (Lipinski definition) is 0. The minimum Gasteiger partial charge on any atom is -0.485 e. The third kappa shape index (κ3) is 4.21. The summed E-state index contributed by atoms with van der Waals surface area (Å²) in [6.45, 7) is 0. The topological polar surface area (TPSA) is 61.0 Å². The van der Waals surface area contributed by atoms with E-state index >= 15 is 0 Å². The highest BCUT2D eigenvalue weighted by molar-refractivity contribution is 6.21. The van der Waals surface area contributed by atoms with Crippen molar-refractivity contribution >= 4 is 38.3 Å². The van der Waals surface area contributed by atoms with Crippen molar-refractivity contribution in [3.8, 4) is 39.7 Å². The molecule has 1 aliphatic carbocycles. The van der Waals surface area contributed by atoms with Crippen LogP contribution in [0.4, 0.5) is 0 Å². The van der Waals surface area contributed by atoms with E-state index in [1.165, 1.54) is 5.56 Å². The lowest BCUT2D eigenvalue weighted by molar-refractivity contribution is 0.269. The molecule has 8 aromatic rings. The first kappa shape index (κ1) is 26.8. The van der Waals surface area contributed by atoms with Crippen LogP contribution in [0.3, 0.4) is 0 Å². The number of ether oxygens (including phenoxy) is 1. The number of hydrogen-bond acceptors (Lipinski definition) is 5. The van der Waals surface area contributed by atoms with Crippen LogP contribution >= 0.6 is 0 Å². The molecule has 6 aromatic carbocycles. The van der Waals surface area contributed by atoms with E-state index in [1.807, 2.05) is 54.6 Å². The summed E-state index contributed by atoms with van der Waals surface area (Å²) >= 11 is 0. The van der Waals surface area contributed by atoms with Gasteiger partial charge in [-0.25, -0.2) is 15.0 Å². The fraction of sp³-hybridized carbons (Fsp3) is 0.0465. The largest absolute Gasteiger partial charge is 0.485 e. The Morgan fingerprint density at radius 3 is 2.10 bits per heavy atom. The van der Waals surface area contributed by atoms with Crippen LogP contribution in [0.2, 0.25) is 0 Å². The molecule has 0 saturated carbocycles. The zero-order chi connectivity index (χ0) is 31.6. The molecule has 3 heterocycles. The molecule has 226 valence electrons. The number of furan rings is 1. The number of aromatic nitrogens is 3. The molecule has 48 heavy (non-hydrogen) atoms. The molecule has 0 saturated heterocycles. The average molecular weight is 618 g/mol. The van der Waals surface area contributed by atoms with Crippen LogP contribution in [-0.4, -0.2) is 21.1 Å². The summed E-state index contributed by atoms with van der Waals surface area (Å²) in [6.07, 6.45) is 6.40. The quantitative estimate of drug-likeness (QED) is 0.197. The van der Waals surface area contributed by atoms with Gasteiger partial charge in [-0.2, -0.15) is 0 Å². The van der Waals surface area contributed by atoms with Gasteiger partial charge in [0, 0.05) is 44.3 Å². The van der Waals surface area contributed by atoms with Crippen molar-refractivity contribution in [1.82, 2.24) is 15.0 Å². The first-order valence-electron chi connectivity index (χ1n) is 16.2. The fourth-order valence-corrected chi connectivity index (χ4v) is 7.23. The summed E-state index contributed by atoms with van der Waals surface area (Å²) in [5, 5.41) is 4.14. The first-order chi connectivity index (χ1) is 23.8. The second-order valence-electron chi connectivity index (χ2n) is 12.3. The monoisotopic (exact) mass is 617 g/mol. The van der Waals surface area contributed by atoms with Gasteiger partial charge in [0.05, 0.1) is 0 Å². The number of fused-ring (bicyclic) bond motifs is 8. The Morgan fingerprint density at radius 2 is 1.25 bits per heavy atom. The van der Waals surface area contributed by atoms with E-state index in [9.17, 15) is 0 Å². The van der Waals surface area contributed by atoms with Crippen LogP contribution in [0.5, 0.6) is 5.75 Å². The highest BCUT2D eigenvalue weighted by Gasteiger charge is 2.33. The predicted molar refractivity (Wildman–Crippen MR) is 192 cm³/mol. The van der Waals surface area contributed by atoms with Gasteiger partial charge in [0.15, 0.2) is 17.5 Å². The maximum absolute atomic E-state index is 6.62. The smallest absolute Gasteiger partial charge is 0.164 e. The van der Waals surface area contributed by atoms with Gasteiger partial charge < -0.3 is 9.15 Å². The summed E-state index contributed by atoms with van der Waals surface area (Å²) in [5.74, 6) is 2.89. The molecule has 5 heteroatoms. The number of benzene rings is 6. The Morgan fingerprint density at radius 1 is 0.542 bits per heavy atom. The zero-order valence-electron chi connectivity index (χ0n) is 25.7. The second kappa shape index (κ2) is 10.6. The number of nitrogens with zero attached hydrogens (tertiary/aromatic N) is 3. The maximum atomic E-state index is 6.62. The van der Waals surface area contributed by atoms with Gasteiger partial charge in [-0.15, -0.1) is 0 Å². The molecule has 0 fully saturated rings. The molecule has 5 nitrogen and oxygen atoms in total. The number of para-hydroxylation sites is 1. The summed E-state index contributed by atoms with van der Waals surface area (Å²) in [5.41, 5.74) is 7.96. The van der Waals surface area contributed by atoms with Crippen molar-refractivity contribution in [3.05, 3.63) is 163 Å². The molecule has 0 spiro atoms. The van der Waals surface area contributed by atoms with E-state index in [4.69, 9.17) is 24.1 Å². The van der Waals surface area contributed by atoms with Crippen molar-refractivity contribution < 1.29 is 9.15 Å².